The minimum Gasteiger partial charge on any atom is -0.452 e. The van der Waals surface area contributed by atoms with Crippen LogP contribution in [0.3, 0.4) is 0 Å². The highest BCUT2D eigenvalue weighted by Crippen LogP contribution is 2.35. The molecular weight excluding hydrogens is 328 g/mol. The van der Waals surface area contributed by atoms with E-state index in [2.05, 4.69) is 6.92 Å². The number of ether oxygens (including phenoxy) is 2. The predicted molar refractivity (Wildman–Crippen MR) is 100 cm³/mol. The van der Waals surface area contributed by atoms with Crippen LogP contribution in [0, 0.1) is 5.41 Å². The number of benzene rings is 2. The topological polar surface area (TPSA) is 52.6 Å². The molecule has 1 aliphatic heterocycles. The van der Waals surface area contributed by atoms with E-state index in [0.717, 1.165) is 12.0 Å². The predicted octanol–water partition coefficient (Wildman–Crippen LogP) is 4.82. The Hall–Kier alpha value is -2.88. The van der Waals surface area contributed by atoms with Crippen LogP contribution in [0.25, 0.3) is 6.08 Å². The molecule has 0 unspecified atom stereocenters. The van der Waals surface area contributed by atoms with E-state index in [4.69, 9.17) is 9.47 Å². The van der Waals surface area contributed by atoms with Crippen molar-refractivity contribution in [1.29, 1.82) is 0 Å². The molecule has 26 heavy (non-hydrogen) atoms. The molecule has 0 aliphatic carbocycles. The summed E-state index contributed by atoms with van der Waals surface area (Å²) in [7, 11) is 0. The van der Waals surface area contributed by atoms with Crippen molar-refractivity contribution in [2.75, 3.05) is 0 Å². The van der Waals surface area contributed by atoms with Gasteiger partial charge in [-0.1, -0.05) is 31.2 Å². The Bertz CT molecular complexity index is 883. The second-order valence-electron chi connectivity index (χ2n) is 7.33. The van der Waals surface area contributed by atoms with Crippen molar-refractivity contribution in [2.45, 2.75) is 34.1 Å². The zero-order valence-electron chi connectivity index (χ0n) is 15.5. The zero-order valence-corrected chi connectivity index (χ0v) is 15.5. The van der Waals surface area contributed by atoms with Crippen molar-refractivity contribution in [1.82, 2.24) is 0 Å². The number of hydrogen-bond acceptors (Lipinski definition) is 4. The third-order valence-corrected chi connectivity index (χ3v) is 4.15. The minimum atomic E-state index is -0.606. The number of carbonyl (C=O) groups is 2. The fourth-order valence-electron chi connectivity index (χ4n) is 2.49. The number of Topliss-reactive ketones (excluding diaryl/α,β-unsaturated/α-hetero) is 1. The number of aryl methyl sites for hydroxylation is 1. The van der Waals surface area contributed by atoms with Crippen molar-refractivity contribution >= 4 is 17.8 Å². The number of allylic oxidation sites excluding steroid dienone is 1. The van der Waals surface area contributed by atoms with Gasteiger partial charge in [-0.15, -0.1) is 0 Å². The Morgan fingerprint density at radius 2 is 1.81 bits per heavy atom. The maximum atomic E-state index is 12.5. The molecule has 0 aromatic heterocycles. The Kier molecular flexibility index (Phi) is 4.68. The van der Waals surface area contributed by atoms with Gasteiger partial charge in [-0.05, 0) is 56.5 Å². The molecule has 0 saturated heterocycles. The number of fused-ring (bicyclic) bond motifs is 1. The molecule has 4 nitrogen and oxygen atoms in total. The van der Waals surface area contributed by atoms with Gasteiger partial charge in [-0.25, -0.2) is 0 Å². The molecular formula is C22H22O4. The molecule has 0 saturated carbocycles. The van der Waals surface area contributed by atoms with Crippen LogP contribution in [0.15, 0.2) is 48.2 Å². The quantitative estimate of drug-likeness (QED) is 0.452. The van der Waals surface area contributed by atoms with Crippen LogP contribution >= 0.6 is 0 Å². The standard InChI is InChI=1S/C22H22O4/c1-5-14-6-8-15(9-7-14)12-19-20(23)17-11-10-16(13-18(17)26-19)25-21(24)22(2,3)4/h6-13H,5H2,1-4H3/b19-12+. The number of carbonyl (C=O) groups excluding carboxylic acids is 2. The normalized spacial score (nSPS) is 14.9. The number of esters is 1. The second kappa shape index (κ2) is 6.79. The van der Waals surface area contributed by atoms with Crippen LogP contribution < -0.4 is 9.47 Å². The number of ketones is 1. The van der Waals surface area contributed by atoms with Crippen LogP contribution in [0.1, 0.15) is 49.2 Å². The van der Waals surface area contributed by atoms with Gasteiger partial charge >= 0.3 is 5.97 Å². The van der Waals surface area contributed by atoms with Gasteiger partial charge in [-0.2, -0.15) is 0 Å². The molecule has 0 fully saturated rings. The summed E-state index contributed by atoms with van der Waals surface area (Å²) in [5, 5.41) is 0. The van der Waals surface area contributed by atoms with Crippen LogP contribution in [-0.2, 0) is 11.2 Å². The van der Waals surface area contributed by atoms with Crippen LogP contribution in [-0.4, -0.2) is 11.8 Å². The molecule has 1 aliphatic rings. The molecule has 2 aromatic carbocycles. The molecule has 2 aromatic rings. The maximum Gasteiger partial charge on any atom is 0.316 e. The van der Waals surface area contributed by atoms with Crippen molar-refractivity contribution in [2.24, 2.45) is 5.41 Å². The van der Waals surface area contributed by atoms with E-state index >= 15 is 0 Å². The summed E-state index contributed by atoms with van der Waals surface area (Å²) >= 11 is 0. The Morgan fingerprint density at radius 3 is 2.42 bits per heavy atom. The molecule has 0 N–H and O–H groups in total. The van der Waals surface area contributed by atoms with E-state index in [1.165, 1.54) is 5.56 Å². The third kappa shape index (κ3) is 3.69. The Balaban J connectivity index is 1.82. The van der Waals surface area contributed by atoms with Gasteiger partial charge in [0.25, 0.3) is 0 Å². The smallest absolute Gasteiger partial charge is 0.316 e. The maximum absolute atomic E-state index is 12.5. The van der Waals surface area contributed by atoms with E-state index in [1.54, 1.807) is 45.0 Å². The highest BCUT2D eigenvalue weighted by Gasteiger charge is 2.29. The number of hydrogen-bond donors (Lipinski definition) is 0. The van der Waals surface area contributed by atoms with Crippen molar-refractivity contribution in [3.05, 3.63) is 64.9 Å². The average Bonchev–Trinajstić information content (AvgIpc) is 2.90. The Morgan fingerprint density at radius 1 is 1.12 bits per heavy atom. The van der Waals surface area contributed by atoms with Crippen LogP contribution in [0.4, 0.5) is 0 Å². The van der Waals surface area contributed by atoms with Gasteiger partial charge in [0, 0.05) is 6.07 Å². The average molecular weight is 350 g/mol. The lowest BCUT2D eigenvalue weighted by Gasteiger charge is -2.16. The Labute approximate surface area is 153 Å². The van der Waals surface area contributed by atoms with E-state index in [-0.39, 0.29) is 17.5 Å². The first kappa shape index (κ1) is 17.9. The molecule has 0 atom stereocenters. The van der Waals surface area contributed by atoms with Crippen molar-refractivity contribution in [3.8, 4) is 11.5 Å². The number of rotatable bonds is 3. The fourth-order valence-corrected chi connectivity index (χ4v) is 2.49. The van der Waals surface area contributed by atoms with E-state index < -0.39 is 5.41 Å². The van der Waals surface area contributed by atoms with Gasteiger partial charge in [0.2, 0.25) is 5.78 Å². The first-order chi connectivity index (χ1) is 12.3. The van der Waals surface area contributed by atoms with Crippen molar-refractivity contribution < 1.29 is 19.1 Å². The SMILES string of the molecule is CCc1ccc(/C=C2/Oc3cc(OC(=O)C(C)(C)C)ccc3C2=O)cc1. The lowest BCUT2D eigenvalue weighted by atomic mass is 9.97. The van der Waals surface area contributed by atoms with E-state index in [1.807, 2.05) is 24.3 Å². The van der Waals surface area contributed by atoms with Gasteiger partial charge in [0.1, 0.15) is 11.5 Å². The van der Waals surface area contributed by atoms with Gasteiger partial charge in [-0.3, -0.25) is 9.59 Å². The molecule has 0 bridgehead atoms. The summed E-state index contributed by atoms with van der Waals surface area (Å²) in [6, 6.07) is 12.8. The summed E-state index contributed by atoms with van der Waals surface area (Å²) in [4.78, 5) is 24.5. The molecule has 134 valence electrons. The second-order valence-corrected chi connectivity index (χ2v) is 7.33. The minimum absolute atomic E-state index is 0.173. The van der Waals surface area contributed by atoms with Gasteiger partial charge in [0.05, 0.1) is 11.0 Å². The summed E-state index contributed by atoms with van der Waals surface area (Å²) < 4.78 is 11.1. The first-order valence-electron chi connectivity index (χ1n) is 8.67. The van der Waals surface area contributed by atoms with Crippen LogP contribution in [0.5, 0.6) is 11.5 Å². The van der Waals surface area contributed by atoms with E-state index in [0.29, 0.717) is 17.1 Å². The summed E-state index contributed by atoms with van der Waals surface area (Å²) in [6.07, 6.45) is 2.69. The highest BCUT2D eigenvalue weighted by atomic mass is 16.5. The molecule has 3 rings (SSSR count). The van der Waals surface area contributed by atoms with Gasteiger partial charge in [0.15, 0.2) is 5.76 Å². The molecule has 0 amide bonds. The monoisotopic (exact) mass is 350 g/mol. The largest absolute Gasteiger partial charge is 0.452 e. The van der Waals surface area contributed by atoms with Gasteiger partial charge < -0.3 is 9.47 Å². The fraction of sp³-hybridized carbons (Fsp3) is 0.273. The molecule has 1 heterocycles. The third-order valence-electron chi connectivity index (χ3n) is 4.15. The highest BCUT2D eigenvalue weighted by molar-refractivity contribution is 6.14. The first-order valence-corrected chi connectivity index (χ1v) is 8.67. The summed E-state index contributed by atoms with van der Waals surface area (Å²) in [5.41, 5.74) is 2.00. The molecule has 4 heteroatoms. The summed E-state index contributed by atoms with van der Waals surface area (Å²) in [5.74, 6) is 0.529. The zero-order chi connectivity index (χ0) is 18.9. The van der Waals surface area contributed by atoms with Crippen LogP contribution in [0.2, 0.25) is 0 Å². The molecule has 0 radical (unpaired) electrons. The van der Waals surface area contributed by atoms with Crippen molar-refractivity contribution in [3.63, 3.8) is 0 Å². The van der Waals surface area contributed by atoms with E-state index in [9.17, 15) is 9.59 Å². The summed E-state index contributed by atoms with van der Waals surface area (Å²) in [6.45, 7) is 7.45. The lowest BCUT2D eigenvalue weighted by Crippen LogP contribution is -2.25. The lowest BCUT2D eigenvalue weighted by molar-refractivity contribution is -0.143. The molecule has 0 spiro atoms.